The number of unbranched alkanes of at least 4 members (excludes halogenated alkanes) is 1. The van der Waals surface area contributed by atoms with Crippen LogP contribution in [0.3, 0.4) is 0 Å². The number of nitrogens with two attached hydrogens (primary N) is 1. The molecule has 1 aromatic rings. The van der Waals surface area contributed by atoms with Gasteiger partial charge in [-0.25, -0.2) is 0 Å². The van der Waals surface area contributed by atoms with E-state index < -0.39 is 0 Å². The van der Waals surface area contributed by atoms with E-state index in [9.17, 15) is 0 Å². The standard InChI is InChI=1S/C13H21NO/c1-3-4-5-11-6-8-12(9-7-11)13(14)10-15-2/h6-9,13H,3-5,10,14H2,1-2H3. The summed E-state index contributed by atoms with van der Waals surface area (Å²) in [5.41, 5.74) is 8.47. The fraction of sp³-hybridized carbons (Fsp3) is 0.538. The summed E-state index contributed by atoms with van der Waals surface area (Å²) in [7, 11) is 1.68. The van der Waals surface area contributed by atoms with Crippen LogP contribution in [0.2, 0.25) is 0 Å². The highest BCUT2D eigenvalue weighted by atomic mass is 16.5. The zero-order valence-corrected chi connectivity index (χ0v) is 9.70. The molecule has 0 aromatic heterocycles. The summed E-state index contributed by atoms with van der Waals surface area (Å²) in [6.45, 7) is 2.79. The van der Waals surface area contributed by atoms with E-state index in [1.807, 2.05) is 0 Å². The van der Waals surface area contributed by atoms with Gasteiger partial charge in [-0.15, -0.1) is 0 Å². The van der Waals surface area contributed by atoms with Crippen molar-refractivity contribution in [1.29, 1.82) is 0 Å². The molecular formula is C13H21NO. The van der Waals surface area contributed by atoms with E-state index in [4.69, 9.17) is 10.5 Å². The Labute approximate surface area is 92.4 Å². The number of rotatable bonds is 6. The second-order valence-corrected chi connectivity index (χ2v) is 3.91. The molecule has 1 rings (SSSR count). The number of benzene rings is 1. The van der Waals surface area contributed by atoms with Crippen LogP contribution in [0, 0.1) is 0 Å². The summed E-state index contributed by atoms with van der Waals surface area (Å²) in [5, 5.41) is 0. The molecule has 0 fully saturated rings. The molecule has 0 saturated carbocycles. The SMILES string of the molecule is CCCCc1ccc(C(N)COC)cc1. The largest absolute Gasteiger partial charge is 0.383 e. The predicted molar refractivity (Wildman–Crippen MR) is 63.9 cm³/mol. The molecule has 84 valence electrons. The van der Waals surface area contributed by atoms with Crippen molar-refractivity contribution in [3.05, 3.63) is 35.4 Å². The number of ether oxygens (including phenoxy) is 1. The Morgan fingerprint density at radius 2 is 1.93 bits per heavy atom. The van der Waals surface area contributed by atoms with Crippen LogP contribution >= 0.6 is 0 Å². The van der Waals surface area contributed by atoms with Crippen LogP contribution in [0.1, 0.15) is 36.9 Å². The topological polar surface area (TPSA) is 35.2 Å². The van der Waals surface area contributed by atoms with E-state index in [-0.39, 0.29) is 6.04 Å². The van der Waals surface area contributed by atoms with Crippen molar-refractivity contribution in [2.45, 2.75) is 32.2 Å². The summed E-state index contributed by atoms with van der Waals surface area (Å²) in [5.74, 6) is 0. The minimum atomic E-state index is -0.00442. The number of methoxy groups -OCH3 is 1. The molecule has 2 N–H and O–H groups in total. The Morgan fingerprint density at radius 1 is 1.27 bits per heavy atom. The van der Waals surface area contributed by atoms with Crippen LogP contribution in [0.5, 0.6) is 0 Å². The lowest BCUT2D eigenvalue weighted by molar-refractivity contribution is 0.181. The molecule has 0 saturated heterocycles. The fourth-order valence-corrected chi connectivity index (χ4v) is 1.59. The highest BCUT2D eigenvalue weighted by molar-refractivity contribution is 5.25. The van der Waals surface area contributed by atoms with Gasteiger partial charge in [0.25, 0.3) is 0 Å². The third-order valence-corrected chi connectivity index (χ3v) is 2.57. The lowest BCUT2D eigenvalue weighted by atomic mass is 10.0. The third-order valence-electron chi connectivity index (χ3n) is 2.57. The van der Waals surface area contributed by atoms with E-state index in [1.54, 1.807) is 7.11 Å². The molecule has 0 radical (unpaired) electrons. The zero-order valence-electron chi connectivity index (χ0n) is 9.70. The molecule has 15 heavy (non-hydrogen) atoms. The highest BCUT2D eigenvalue weighted by Crippen LogP contribution is 2.13. The smallest absolute Gasteiger partial charge is 0.0655 e. The molecule has 0 aliphatic heterocycles. The van der Waals surface area contributed by atoms with Crippen LogP contribution < -0.4 is 5.73 Å². The van der Waals surface area contributed by atoms with Crippen molar-refractivity contribution in [3.63, 3.8) is 0 Å². The Balaban J connectivity index is 2.55. The van der Waals surface area contributed by atoms with Crippen molar-refractivity contribution in [1.82, 2.24) is 0 Å². The first-order valence-electron chi connectivity index (χ1n) is 5.61. The van der Waals surface area contributed by atoms with Crippen LogP contribution in [-0.4, -0.2) is 13.7 Å². The van der Waals surface area contributed by atoms with Gasteiger partial charge in [0, 0.05) is 7.11 Å². The molecule has 0 bridgehead atoms. The van der Waals surface area contributed by atoms with Crippen molar-refractivity contribution in [2.75, 3.05) is 13.7 Å². The van der Waals surface area contributed by atoms with Crippen LogP contribution in [0.15, 0.2) is 24.3 Å². The first-order valence-corrected chi connectivity index (χ1v) is 5.61. The Morgan fingerprint density at radius 3 is 2.47 bits per heavy atom. The maximum atomic E-state index is 5.93. The molecule has 2 heteroatoms. The molecule has 1 unspecified atom stereocenters. The van der Waals surface area contributed by atoms with Crippen LogP contribution in [0.4, 0.5) is 0 Å². The summed E-state index contributed by atoms with van der Waals surface area (Å²) in [4.78, 5) is 0. The quantitative estimate of drug-likeness (QED) is 0.778. The van der Waals surface area contributed by atoms with Gasteiger partial charge < -0.3 is 10.5 Å². The van der Waals surface area contributed by atoms with E-state index >= 15 is 0 Å². The average molecular weight is 207 g/mol. The second kappa shape index (κ2) is 6.59. The normalized spacial score (nSPS) is 12.7. The van der Waals surface area contributed by atoms with Crippen molar-refractivity contribution < 1.29 is 4.74 Å². The van der Waals surface area contributed by atoms with Gasteiger partial charge in [-0.3, -0.25) is 0 Å². The fourth-order valence-electron chi connectivity index (χ4n) is 1.59. The summed E-state index contributed by atoms with van der Waals surface area (Å²) in [6.07, 6.45) is 3.66. The Bertz CT molecular complexity index is 268. The Kier molecular flexibility index (Phi) is 5.37. The molecule has 2 nitrogen and oxygen atoms in total. The minimum Gasteiger partial charge on any atom is -0.383 e. The maximum Gasteiger partial charge on any atom is 0.0655 e. The van der Waals surface area contributed by atoms with Gasteiger partial charge in [-0.1, -0.05) is 37.6 Å². The molecule has 0 heterocycles. The lowest BCUT2D eigenvalue weighted by Gasteiger charge is -2.11. The van der Waals surface area contributed by atoms with Crippen LogP contribution in [0.25, 0.3) is 0 Å². The summed E-state index contributed by atoms with van der Waals surface area (Å²) in [6, 6.07) is 8.54. The summed E-state index contributed by atoms with van der Waals surface area (Å²) < 4.78 is 5.03. The van der Waals surface area contributed by atoms with Gasteiger partial charge in [-0.05, 0) is 24.0 Å². The molecular weight excluding hydrogens is 186 g/mol. The molecule has 0 amide bonds. The zero-order chi connectivity index (χ0) is 11.1. The molecule has 0 spiro atoms. The van der Waals surface area contributed by atoms with E-state index in [0.717, 1.165) is 12.0 Å². The first-order chi connectivity index (χ1) is 7.27. The third kappa shape index (κ3) is 4.02. The van der Waals surface area contributed by atoms with E-state index in [0.29, 0.717) is 6.61 Å². The highest BCUT2D eigenvalue weighted by Gasteiger charge is 2.04. The first kappa shape index (κ1) is 12.2. The van der Waals surface area contributed by atoms with Gasteiger partial charge >= 0.3 is 0 Å². The van der Waals surface area contributed by atoms with Crippen molar-refractivity contribution in [3.8, 4) is 0 Å². The monoisotopic (exact) mass is 207 g/mol. The average Bonchev–Trinajstić information content (AvgIpc) is 2.27. The maximum absolute atomic E-state index is 5.93. The van der Waals surface area contributed by atoms with Crippen molar-refractivity contribution >= 4 is 0 Å². The van der Waals surface area contributed by atoms with E-state index in [1.165, 1.54) is 18.4 Å². The van der Waals surface area contributed by atoms with Crippen molar-refractivity contribution in [2.24, 2.45) is 5.73 Å². The molecule has 1 atom stereocenters. The number of aryl methyl sites for hydroxylation is 1. The second-order valence-electron chi connectivity index (χ2n) is 3.91. The predicted octanol–water partition coefficient (Wildman–Crippen LogP) is 2.68. The Hall–Kier alpha value is -0.860. The number of hydrogen-bond donors (Lipinski definition) is 1. The van der Waals surface area contributed by atoms with E-state index in [2.05, 4.69) is 31.2 Å². The van der Waals surface area contributed by atoms with Crippen LogP contribution in [-0.2, 0) is 11.2 Å². The molecule has 1 aromatic carbocycles. The summed E-state index contributed by atoms with van der Waals surface area (Å²) >= 11 is 0. The molecule has 0 aliphatic carbocycles. The lowest BCUT2D eigenvalue weighted by Crippen LogP contribution is -2.15. The number of hydrogen-bond acceptors (Lipinski definition) is 2. The van der Waals surface area contributed by atoms with Gasteiger partial charge in [0.1, 0.15) is 0 Å². The van der Waals surface area contributed by atoms with Gasteiger partial charge in [0.2, 0.25) is 0 Å². The minimum absolute atomic E-state index is 0.00442. The molecule has 0 aliphatic rings. The van der Waals surface area contributed by atoms with Gasteiger partial charge in [0.15, 0.2) is 0 Å². The van der Waals surface area contributed by atoms with Gasteiger partial charge in [-0.2, -0.15) is 0 Å². The van der Waals surface area contributed by atoms with Gasteiger partial charge in [0.05, 0.1) is 12.6 Å².